The topological polar surface area (TPSA) is 88.7 Å². The van der Waals surface area contributed by atoms with E-state index in [1.54, 1.807) is 6.92 Å². The minimum Gasteiger partial charge on any atom is -0.490 e. The van der Waals surface area contributed by atoms with E-state index in [1.807, 2.05) is 39.0 Å². The van der Waals surface area contributed by atoms with Crippen LogP contribution in [0.2, 0.25) is 0 Å². The second-order valence-corrected chi connectivity index (χ2v) is 7.48. The Hall–Kier alpha value is -2.28. The molecule has 1 aromatic rings. The number of rotatable bonds is 9. The maximum absolute atomic E-state index is 12.4. The van der Waals surface area contributed by atoms with Crippen LogP contribution in [0.1, 0.15) is 71.4 Å². The molecule has 1 fully saturated rings. The van der Waals surface area contributed by atoms with Crippen LogP contribution in [0.15, 0.2) is 18.2 Å². The monoisotopic (exact) mass is 405 g/mol. The zero-order chi connectivity index (χ0) is 21.2. The Morgan fingerprint density at radius 1 is 1.03 bits per heavy atom. The molecule has 3 N–H and O–H groups in total. The fourth-order valence-corrected chi connectivity index (χ4v) is 3.57. The molecule has 7 nitrogen and oxygen atoms in total. The molecule has 2 atom stereocenters. The Morgan fingerprint density at radius 2 is 1.69 bits per heavy atom. The Labute approximate surface area is 173 Å². The lowest BCUT2D eigenvalue weighted by atomic mass is 9.96. The molecule has 1 aliphatic rings. The molecule has 0 spiro atoms. The number of imide groups is 1. The van der Waals surface area contributed by atoms with Crippen molar-refractivity contribution in [2.45, 2.75) is 77.9 Å². The molecule has 7 heteroatoms. The van der Waals surface area contributed by atoms with Gasteiger partial charge in [-0.1, -0.05) is 25.3 Å². The number of benzene rings is 1. The van der Waals surface area contributed by atoms with Gasteiger partial charge in [-0.3, -0.25) is 15.4 Å². The Bertz CT molecular complexity index is 674. The van der Waals surface area contributed by atoms with Crippen LogP contribution in [0.25, 0.3) is 0 Å². The maximum atomic E-state index is 12.4. The van der Waals surface area contributed by atoms with E-state index in [0.29, 0.717) is 24.7 Å². The third kappa shape index (κ3) is 7.24. The first-order valence-corrected chi connectivity index (χ1v) is 10.7. The average molecular weight is 406 g/mol. The fraction of sp³-hybridized carbons (Fsp3) is 0.636. The first-order valence-electron chi connectivity index (χ1n) is 10.7. The molecule has 0 radical (unpaired) electrons. The van der Waals surface area contributed by atoms with E-state index in [9.17, 15) is 9.59 Å². The van der Waals surface area contributed by atoms with Crippen LogP contribution in [0.4, 0.5) is 4.79 Å². The summed E-state index contributed by atoms with van der Waals surface area (Å²) in [7, 11) is 0. The van der Waals surface area contributed by atoms with Gasteiger partial charge in [-0.05, 0) is 58.2 Å². The highest BCUT2D eigenvalue weighted by Gasteiger charge is 2.21. The summed E-state index contributed by atoms with van der Waals surface area (Å²) in [6, 6.07) is 4.88. The molecule has 0 saturated heterocycles. The van der Waals surface area contributed by atoms with Gasteiger partial charge in [0.15, 0.2) is 11.5 Å². The van der Waals surface area contributed by atoms with Gasteiger partial charge in [0.1, 0.15) is 0 Å². The van der Waals surface area contributed by atoms with Gasteiger partial charge in [0, 0.05) is 12.1 Å². The van der Waals surface area contributed by atoms with Crippen LogP contribution < -0.4 is 25.4 Å². The number of carbonyl (C=O) groups is 2. The van der Waals surface area contributed by atoms with E-state index in [1.165, 1.54) is 6.42 Å². The first kappa shape index (κ1) is 23.0. The van der Waals surface area contributed by atoms with Crippen molar-refractivity contribution >= 4 is 11.9 Å². The van der Waals surface area contributed by atoms with E-state index in [2.05, 4.69) is 16.0 Å². The Morgan fingerprint density at radius 3 is 2.34 bits per heavy atom. The summed E-state index contributed by atoms with van der Waals surface area (Å²) in [4.78, 5) is 24.5. The maximum Gasteiger partial charge on any atom is 0.321 e. The average Bonchev–Trinajstić information content (AvgIpc) is 2.70. The molecule has 2 rings (SSSR count). The molecule has 1 aliphatic carbocycles. The van der Waals surface area contributed by atoms with Gasteiger partial charge in [-0.2, -0.15) is 0 Å². The number of nitrogens with one attached hydrogen (secondary N) is 3. The molecule has 29 heavy (non-hydrogen) atoms. The number of hydrogen-bond acceptors (Lipinski definition) is 5. The zero-order valence-corrected chi connectivity index (χ0v) is 18.0. The summed E-state index contributed by atoms with van der Waals surface area (Å²) in [6.07, 6.45) is 5.42. The van der Waals surface area contributed by atoms with E-state index in [0.717, 1.165) is 31.2 Å². The molecule has 0 aromatic heterocycles. The fourth-order valence-electron chi connectivity index (χ4n) is 3.57. The number of carbonyl (C=O) groups excluding carboxylic acids is 2. The molecule has 1 aromatic carbocycles. The van der Waals surface area contributed by atoms with E-state index in [4.69, 9.17) is 9.47 Å². The molecule has 3 amide bonds. The minimum absolute atomic E-state index is 0.105. The van der Waals surface area contributed by atoms with Gasteiger partial charge in [-0.15, -0.1) is 0 Å². The summed E-state index contributed by atoms with van der Waals surface area (Å²) in [5.41, 5.74) is 0.975. The third-order valence-corrected chi connectivity index (χ3v) is 5.14. The molecule has 0 heterocycles. The number of amides is 3. The molecular formula is C22H35N3O4. The van der Waals surface area contributed by atoms with Crippen molar-refractivity contribution in [3.63, 3.8) is 0 Å². The lowest BCUT2D eigenvalue weighted by Gasteiger charge is -2.24. The van der Waals surface area contributed by atoms with Crippen LogP contribution in [0, 0.1) is 0 Å². The van der Waals surface area contributed by atoms with Gasteiger partial charge < -0.3 is 14.8 Å². The van der Waals surface area contributed by atoms with Gasteiger partial charge in [-0.25, -0.2) is 4.79 Å². The summed E-state index contributed by atoms with van der Waals surface area (Å²) in [5, 5.41) is 8.58. The van der Waals surface area contributed by atoms with Crippen LogP contribution >= 0.6 is 0 Å². The third-order valence-electron chi connectivity index (χ3n) is 5.14. The molecular weight excluding hydrogens is 370 g/mol. The minimum atomic E-state index is -0.524. The predicted octanol–water partition coefficient (Wildman–Crippen LogP) is 3.68. The van der Waals surface area contributed by atoms with Crippen molar-refractivity contribution < 1.29 is 19.1 Å². The van der Waals surface area contributed by atoms with Gasteiger partial charge in [0.05, 0.1) is 19.3 Å². The molecule has 0 unspecified atom stereocenters. The second-order valence-electron chi connectivity index (χ2n) is 7.48. The van der Waals surface area contributed by atoms with E-state index < -0.39 is 12.1 Å². The van der Waals surface area contributed by atoms with Crippen LogP contribution in [0.5, 0.6) is 11.5 Å². The van der Waals surface area contributed by atoms with Crippen LogP contribution in [-0.2, 0) is 4.79 Å². The van der Waals surface area contributed by atoms with E-state index in [-0.39, 0.29) is 18.0 Å². The summed E-state index contributed by atoms with van der Waals surface area (Å²) >= 11 is 0. The van der Waals surface area contributed by atoms with Gasteiger partial charge in [0.2, 0.25) is 5.91 Å². The van der Waals surface area contributed by atoms with Crippen molar-refractivity contribution in [2.75, 3.05) is 13.2 Å². The van der Waals surface area contributed by atoms with Crippen molar-refractivity contribution in [3.8, 4) is 11.5 Å². The molecule has 162 valence electrons. The van der Waals surface area contributed by atoms with Gasteiger partial charge >= 0.3 is 6.03 Å². The van der Waals surface area contributed by atoms with Crippen molar-refractivity contribution in [1.29, 1.82) is 0 Å². The highest BCUT2D eigenvalue weighted by Crippen LogP contribution is 2.30. The van der Waals surface area contributed by atoms with Crippen molar-refractivity contribution in [2.24, 2.45) is 0 Å². The summed E-state index contributed by atoms with van der Waals surface area (Å²) in [5.74, 6) is 1.04. The van der Waals surface area contributed by atoms with Gasteiger partial charge in [0.25, 0.3) is 0 Å². The standard InChI is InChI=1S/C22H35N3O4/c1-5-28-19-13-12-17(14-20(19)29-6-2)15(3)23-16(4)21(26)25-22(27)24-18-10-8-7-9-11-18/h12-16,18,23H,5-11H2,1-4H3,(H2,24,25,26,27)/t15-,16-/m0/s1. The molecule has 1 saturated carbocycles. The highest BCUT2D eigenvalue weighted by molar-refractivity contribution is 5.96. The lowest BCUT2D eigenvalue weighted by molar-refractivity contribution is -0.121. The normalized spacial score (nSPS) is 16.6. The van der Waals surface area contributed by atoms with Crippen molar-refractivity contribution in [1.82, 2.24) is 16.0 Å². The highest BCUT2D eigenvalue weighted by atomic mass is 16.5. The Kier molecular flexibility index (Phi) is 9.25. The van der Waals surface area contributed by atoms with E-state index >= 15 is 0 Å². The largest absolute Gasteiger partial charge is 0.490 e. The summed E-state index contributed by atoms with van der Waals surface area (Å²) in [6.45, 7) is 8.68. The van der Waals surface area contributed by atoms with Crippen LogP contribution in [-0.4, -0.2) is 37.2 Å². The SMILES string of the molecule is CCOc1ccc([C@H](C)N[C@@H](C)C(=O)NC(=O)NC2CCCCC2)cc1OCC. The quantitative estimate of drug-likeness (QED) is 0.583. The van der Waals surface area contributed by atoms with Crippen molar-refractivity contribution in [3.05, 3.63) is 23.8 Å². The number of ether oxygens (including phenoxy) is 2. The predicted molar refractivity (Wildman–Crippen MR) is 113 cm³/mol. The number of hydrogen-bond donors (Lipinski definition) is 3. The molecule has 0 aliphatic heterocycles. The second kappa shape index (κ2) is 11.7. The molecule has 0 bridgehead atoms. The zero-order valence-electron chi connectivity index (χ0n) is 18.0. The first-order chi connectivity index (χ1) is 13.9. The Balaban J connectivity index is 1.89. The smallest absolute Gasteiger partial charge is 0.321 e. The summed E-state index contributed by atoms with van der Waals surface area (Å²) < 4.78 is 11.3. The lowest BCUT2D eigenvalue weighted by Crippen LogP contribution is -2.50. The number of urea groups is 1. The van der Waals surface area contributed by atoms with Crippen LogP contribution in [0.3, 0.4) is 0 Å².